The van der Waals surface area contributed by atoms with E-state index in [4.69, 9.17) is 0 Å². The summed E-state index contributed by atoms with van der Waals surface area (Å²) in [5.41, 5.74) is 2.04. The molecule has 0 radical (unpaired) electrons. The molecule has 1 rings (SSSR count). The second-order valence-electron chi connectivity index (χ2n) is 6.01. The first-order chi connectivity index (χ1) is 10.9. The topological polar surface area (TPSA) is 79.6 Å². The fourth-order valence-electron chi connectivity index (χ4n) is 1.78. The fourth-order valence-corrected chi connectivity index (χ4v) is 1.78. The van der Waals surface area contributed by atoms with E-state index in [0.29, 0.717) is 19.0 Å². The van der Waals surface area contributed by atoms with Gasteiger partial charge in [0.2, 0.25) is 0 Å². The second-order valence-corrected chi connectivity index (χ2v) is 6.01. The summed E-state index contributed by atoms with van der Waals surface area (Å²) in [6, 6.07) is 6.45. The van der Waals surface area contributed by atoms with E-state index in [2.05, 4.69) is 36.1 Å². The highest BCUT2D eigenvalue weighted by atomic mass is 16.6. The lowest BCUT2D eigenvalue weighted by molar-refractivity contribution is -0.384. The zero-order valence-electron chi connectivity index (χ0n) is 14.1. The Labute approximate surface area is 137 Å². The maximum Gasteiger partial charge on any atom is 0.269 e. The quantitative estimate of drug-likeness (QED) is 0.253. The van der Waals surface area contributed by atoms with Crippen molar-refractivity contribution in [2.45, 2.75) is 33.7 Å². The van der Waals surface area contributed by atoms with Gasteiger partial charge < -0.3 is 10.6 Å². The van der Waals surface area contributed by atoms with E-state index in [1.165, 1.54) is 12.1 Å². The summed E-state index contributed by atoms with van der Waals surface area (Å²) in [4.78, 5) is 14.8. The molecule has 0 heterocycles. The molecule has 6 heteroatoms. The van der Waals surface area contributed by atoms with Crippen LogP contribution in [0, 0.1) is 16.0 Å². The van der Waals surface area contributed by atoms with Gasteiger partial charge in [0.25, 0.3) is 5.69 Å². The molecule has 1 aromatic rings. The molecule has 1 aromatic carbocycles. The molecule has 0 saturated heterocycles. The van der Waals surface area contributed by atoms with E-state index < -0.39 is 4.92 Å². The Balaban J connectivity index is 2.65. The third kappa shape index (κ3) is 7.99. The monoisotopic (exact) mass is 318 g/mol. The maximum absolute atomic E-state index is 10.7. The lowest BCUT2D eigenvalue weighted by Gasteiger charge is -2.13. The van der Waals surface area contributed by atoms with E-state index in [9.17, 15) is 10.1 Å². The molecule has 0 aromatic heterocycles. The number of nitro groups is 1. The number of guanidine groups is 1. The van der Waals surface area contributed by atoms with Gasteiger partial charge in [0.05, 0.1) is 11.5 Å². The minimum absolute atomic E-state index is 0.0911. The number of nitrogens with one attached hydrogen (secondary N) is 2. The Morgan fingerprint density at radius 2 is 1.96 bits per heavy atom. The number of hydrogen-bond acceptors (Lipinski definition) is 3. The van der Waals surface area contributed by atoms with Gasteiger partial charge in [-0.1, -0.05) is 38.1 Å². The molecule has 0 aliphatic rings. The first kappa shape index (κ1) is 18.7. The van der Waals surface area contributed by atoms with Crippen molar-refractivity contribution in [2.75, 3.05) is 13.1 Å². The van der Waals surface area contributed by atoms with E-state index in [1.54, 1.807) is 12.1 Å². The molecule has 0 atom stereocenters. The molecule has 2 N–H and O–H groups in total. The van der Waals surface area contributed by atoms with Crippen LogP contribution in [0.3, 0.4) is 0 Å². The molecule has 6 nitrogen and oxygen atoms in total. The Hall–Kier alpha value is -2.37. The number of hydrogen-bond donors (Lipinski definition) is 2. The number of benzene rings is 1. The van der Waals surface area contributed by atoms with Crippen molar-refractivity contribution in [3.05, 3.63) is 52.1 Å². The molecular weight excluding hydrogens is 292 g/mol. The summed E-state index contributed by atoms with van der Waals surface area (Å²) < 4.78 is 0. The zero-order valence-corrected chi connectivity index (χ0v) is 14.1. The van der Waals surface area contributed by atoms with E-state index in [-0.39, 0.29) is 5.69 Å². The first-order valence-electron chi connectivity index (χ1n) is 7.78. The molecule has 0 fully saturated rings. The number of non-ortho nitro benzene ring substituents is 1. The highest BCUT2D eigenvalue weighted by molar-refractivity contribution is 5.80. The minimum Gasteiger partial charge on any atom is -0.356 e. The Morgan fingerprint density at radius 1 is 1.30 bits per heavy atom. The van der Waals surface area contributed by atoms with Crippen molar-refractivity contribution in [1.29, 1.82) is 0 Å². The number of nitro benzene ring substituents is 1. The van der Waals surface area contributed by atoms with Crippen molar-refractivity contribution in [3.63, 3.8) is 0 Å². The highest BCUT2D eigenvalue weighted by Gasteiger charge is 2.04. The largest absolute Gasteiger partial charge is 0.356 e. The van der Waals surface area contributed by atoms with Crippen LogP contribution >= 0.6 is 0 Å². The maximum atomic E-state index is 10.7. The fraction of sp³-hybridized carbons (Fsp3) is 0.471. The van der Waals surface area contributed by atoms with Crippen LogP contribution in [0.15, 0.2) is 41.4 Å². The molecule has 0 aliphatic carbocycles. The van der Waals surface area contributed by atoms with Crippen LogP contribution in [0.4, 0.5) is 5.69 Å². The number of rotatable bonds is 8. The lowest BCUT2D eigenvalue weighted by atomic mass is 10.1. The standard InChI is InChI=1S/C17H26N4O2/c1-13(2)9-10-18-17(19-11-14(3)4)20-12-15-5-7-16(8-6-15)21(22)23/h5-8,13H,3,9-12H2,1-2,4H3,(H2,18,19,20). The second kappa shape index (κ2) is 9.61. The molecular formula is C17H26N4O2. The normalized spacial score (nSPS) is 11.4. The molecule has 0 spiro atoms. The molecule has 126 valence electrons. The van der Waals surface area contributed by atoms with Crippen molar-refractivity contribution in [2.24, 2.45) is 10.9 Å². The predicted molar refractivity (Wildman–Crippen MR) is 94.5 cm³/mol. The zero-order chi connectivity index (χ0) is 17.2. The van der Waals surface area contributed by atoms with Gasteiger partial charge in [-0.05, 0) is 24.8 Å². The van der Waals surface area contributed by atoms with Crippen LogP contribution in [-0.4, -0.2) is 24.0 Å². The van der Waals surface area contributed by atoms with Crippen LogP contribution in [0.2, 0.25) is 0 Å². The predicted octanol–water partition coefficient (Wildman–Crippen LogP) is 3.25. The van der Waals surface area contributed by atoms with Gasteiger partial charge in [0, 0.05) is 25.2 Å². The van der Waals surface area contributed by atoms with E-state index in [1.807, 2.05) is 6.92 Å². The summed E-state index contributed by atoms with van der Waals surface area (Å²) >= 11 is 0. The van der Waals surface area contributed by atoms with Gasteiger partial charge in [-0.15, -0.1) is 0 Å². The van der Waals surface area contributed by atoms with Crippen LogP contribution < -0.4 is 10.6 Å². The minimum atomic E-state index is -0.402. The van der Waals surface area contributed by atoms with Gasteiger partial charge in [0.15, 0.2) is 5.96 Å². The van der Waals surface area contributed by atoms with Gasteiger partial charge in [0.1, 0.15) is 0 Å². The summed E-state index contributed by atoms with van der Waals surface area (Å²) in [7, 11) is 0. The van der Waals surface area contributed by atoms with Gasteiger partial charge in [-0.2, -0.15) is 0 Å². The first-order valence-corrected chi connectivity index (χ1v) is 7.78. The molecule has 0 saturated carbocycles. The summed E-state index contributed by atoms with van der Waals surface area (Å²) in [6.45, 7) is 12.2. The highest BCUT2D eigenvalue weighted by Crippen LogP contribution is 2.12. The van der Waals surface area contributed by atoms with Crippen LogP contribution in [0.1, 0.15) is 32.8 Å². The number of nitrogens with zero attached hydrogens (tertiary/aromatic N) is 2. The Kier molecular flexibility index (Phi) is 7.80. The number of aliphatic imine (C=N–C) groups is 1. The van der Waals surface area contributed by atoms with Gasteiger partial charge in [-0.25, -0.2) is 4.99 Å². The summed E-state index contributed by atoms with van der Waals surface area (Å²) in [5.74, 6) is 1.35. The van der Waals surface area contributed by atoms with Gasteiger partial charge in [-0.3, -0.25) is 10.1 Å². The summed E-state index contributed by atoms with van der Waals surface area (Å²) in [5, 5.41) is 17.2. The van der Waals surface area contributed by atoms with Crippen LogP contribution in [0.25, 0.3) is 0 Å². The molecule has 0 unspecified atom stereocenters. The van der Waals surface area contributed by atoms with E-state index in [0.717, 1.165) is 30.1 Å². The molecule has 0 bridgehead atoms. The van der Waals surface area contributed by atoms with Crippen LogP contribution in [-0.2, 0) is 6.54 Å². The van der Waals surface area contributed by atoms with Crippen molar-refractivity contribution in [3.8, 4) is 0 Å². The Bertz CT molecular complexity index is 550. The van der Waals surface area contributed by atoms with Crippen molar-refractivity contribution in [1.82, 2.24) is 10.6 Å². The third-order valence-corrected chi connectivity index (χ3v) is 3.14. The molecule has 23 heavy (non-hydrogen) atoms. The van der Waals surface area contributed by atoms with E-state index >= 15 is 0 Å². The SMILES string of the molecule is C=C(C)CNC(=NCc1ccc([N+](=O)[O-])cc1)NCCC(C)C. The molecule has 0 aliphatic heterocycles. The van der Waals surface area contributed by atoms with Gasteiger partial charge >= 0.3 is 0 Å². The average molecular weight is 318 g/mol. The van der Waals surface area contributed by atoms with Crippen molar-refractivity contribution < 1.29 is 4.92 Å². The third-order valence-electron chi connectivity index (χ3n) is 3.14. The summed E-state index contributed by atoms with van der Waals surface area (Å²) in [6.07, 6.45) is 1.06. The smallest absolute Gasteiger partial charge is 0.269 e. The van der Waals surface area contributed by atoms with Crippen LogP contribution in [0.5, 0.6) is 0 Å². The Morgan fingerprint density at radius 3 is 2.48 bits per heavy atom. The lowest BCUT2D eigenvalue weighted by Crippen LogP contribution is -2.39. The average Bonchev–Trinajstić information content (AvgIpc) is 2.49. The molecule has 0 amide bonds. The van der Waals surface area contributed by atoms with Crippen molar-refractivity contribution >= 4 is 11.6 Å².